The van der Waals surface area contributed by atoms with Gasteiger partial charge in [-0.25, -0.2) is 18.1 Å². The van der Waals surface area contributed by atoms with Crippen LogP contribution in [0, 0.1) is 0 Å². The van der Waals surface area contributed by atoms with Gasteiger partial charge in [0.25, 0.3) is 0 Å². The number of fused-ring (bicyclic) bond motifs is 4. The van der Waals surface area contributed by atoms with Gasteiger partial charge in [0, 0.05) is 68.0 Å². The maximum Gasteiger partial charge on any atom is 0.237 e. The van der Waals surface area contributed by atoms with Gasteiger partial charge in [0.1, 0.15) is 5.82 Å². The minimum atomic E-state index is -2.72. The smallest absolute Gasteiger partial charge is 0.237 e. The summed E-state index contributed by atoms with van der Waals surface area (Å²) in [6.45, 7) is 3.75. The number of nitrogens with zero attached hydrogens (tertiary/aromatic N) is 5. The number of pyridine rings is 2. The van der Waals surface area contributed by atoms with Gasteiger partial charge in [0.15, 0.2) is 0 Å². The van der Waals surface area contributed by atoms with Crippen molar-refractivity contribution in [2.24, 2.45) is 0 Å². The highest BCUT2D eigenvalue weighted by Gasteiger charge is 2.54. The number of rotatable bonds is 5. The number of amides is 1. The first kappa shape index (κ1) is 23.3. The summed E-state index contributed by atoms with van der Waals surface area (Å²) < 4.78 is 25.2. The molecule has 6 rings (SSSR count). The molecule has 1 saturated heterocycles. The molecule has 36 heavy (non-hydrogen) atoms. The average molecular weight is 507 g/mol. The van der Waals surface area contributed by atoms with E-state index in [-0.39, 0.29) is 12.5 Å². The summed E-state index contributed by atoms with van der Waals surface area (Å²) in [5.41, 5.74) is 5.17. The van der Waals surface area contributed by atoms with E-state index in [1.807, 2.05) is 37.6 Å². The molecule has 1 N–H and O–H groups in total. The number of hydrogen-bond donors (Lipinski definition) is 2. The van der Waals surface area contributed by atoms with Crippen molar-refractivity contribution in [3.8, 4) is 11.1 Å². The van der Waals surface area contributed by atoms with Crippen LogP contribution in [0.4, 0.5) is 11.5 Å². The third kappa shape index (κ3) is 3.66. The van der Waals surface area contributed by atoms with E-state index in [1.54, 1.807) is 4.90 Å². The normalized spacial score (nSPS) is 19.4. The van der Waals surface area contributed by atoms with E-state index < -0.39 is 16.3 Å². The van der Waals surface area contributed by atoms with Crippen molar-refractivity contribution in [1.29, 1.82) is 0 Å². The number of nitrogens with one attached hydrogen (secondary N) is 1. The summed E-state index contributed by atoms with van der Waals surface area (Å²) in [4.78, 5) is 28.9. The Balaban J connectivity index is 1.44. The third-order valence-corrected chi connectivity index (χ3v) is 8.50. The van der Waals surface area contributed by atoms with Gasteiger partial charge in [-0.15, -0.1) is 0 Å². The molecular formula is C26H30N6O3S. The van der Waals surface area contributed by atoms with Gasteiger partial charge in [-0.3, -0.25) is 9.78 Å². The molecule has 0 radical (unpaired) electrons. The van der Waals surface area contributed by atoms with Gasteiger partial charge in [-0.05, 0) is 43.7 Å². The second-order valence-electron chi connectivity index (χ2n) is 10.1. The number of benzene rings is 1. The number of aromatic nitrogens is 2. The summed E-state index contributed by atoms with van der Waals surface area (Å²) >= 11 is 0. The molecule has 4 heterocycles. The number of piperazine rings is 1. The van der Waals surface area contributed by atoms with Gasteiger partial charge in [0.2, 0.25) is 16.8 Å². The van der Waals surface area contributed by atoms with Gasteiger partial charge in [-0.2, -0.15) is 0 Å². The Morgan fingerprint density at radius 2 is 1.78 bits per heavy atom. The van der Waals surface area contributed by atoms with Crippen LogP contribution in [0.3, 0.4) is 0 Å². The predicted molar refractivity (Wildman–Crippen MR) is 141 cm³/mol. The zero-order valence-corrected chi connectivity index (χ0v) is 21.4. The fourth-order valence-electron chi connectivity index (χ4n) is 5.89. The third-order valence-electron chi connectivity index (χ3n) is 8.09. The van der Waals surface area contributed by atoms with Crippen LogP contribution < -0.4 is 14.5 Å². The largest absolute Gasteiger partial charge is 0.354 e. The van der Waals surface area contributed by atoms with Crippen molar-refractivity contribution >= 4 is 39.2 Å². The van der Waals surface area contributed by atoms with Crippen LogP contribution in [0.15, 0.2) is 36.7 Å². The van der Waals surface area contributed by atoms with Crippen molar-refractivity contribution in [2.75, 3.05) is 50.1 Å². The highest BCUT2D eigenvalue weighted by Crippen LogP contribution is 2.55. The van der Waals surface area contributed by atoms with Crippen molar-refractivity contribution in [3.63, 3.8) is 0 Å². The van der Waals surface area contributed by atoms with Crippen LogP contribution in [0.2, 0.25) is 0 Å². The maximum absolute atomic E-state index is 13.2. The van der Waals surface area contributed by atoms with E-state index in [2.05, 4.69) is 32.6 Å². The highest BCUT2D eigenvalue weighted by atomic mass is 32.2. The highest BCUT2D eigenvalue weighted by molar-refractivity contribution is 7.70. The molecule has 3 aromatic rings. The molecule has 10 heteroatoms. The predicted octanol–water partition coefficient (Wildman–Crippen LogP) is 2.06. The monoisotopic (exact) mass is 506 g/mol. The Labute approximate surface area is 212 Å². The molecule has 2 aliphatic heterocycles. The molecule has 1 aromatic carbocycles. The van der Waals surface area contributed by atoms with Crippen LogP contribution >= 0.6 is 0 Å². The Morgan fingerprint density at radius 1 is 1.00 bits per heavy atom. The van der Waals surface area contributed by atoms with Crippen LogP contribution in [0.5, 0.6) is 0 Å². The second kappa shape index (κ2) is 8.79. The Hall–Kier alpha value is -3.08. The quantitative estimate of drug-likeness (QED) is 0.511. The molecule has 2 aromatic heterocycles. The number of hydrogen-bond acceptors (Lipinski definition) is 7. The number of thiol groups is 1. The topological polar surface area (TPSA) is 98.7 Å². The Bertz CT molecular complexity index is 1440. The molecule has 9 nitrogen and oxygen atoms in total. The fraction of sp³-hybridized carbons (Fsp3) is 0.423. The van der Waals surface area contributed by atoms with Gasteiger partial charge in [-0.1, -0.05) is 12.5 Å². The molecule has 0 unspecified atom stereocenters. The van der Waals surface area contributed by atoms with Crippen molar-refractivity contribution in [1.82, 2.24) is 19.6 Å². The lowest BCUT2D eigenvalue weighted by atomic mass is 9.64. The lowest BCUT2D eigenvalue weighted by molar-refractivity contribution is -0.125. The average Bonchev–Trinajstić information content (AvgIpc) is 3.10. The van der Waals surface area contributed by atoms with Gasteiger partial charge >= 0.3 is 0 Å². The van der Waals surface area contributed by atoms with Gasteiger partial charge in [0.05, 0.1) is 22.8 Å². The summed E-state index contributed by atoms with van der Waals surface area (Å²) in [6, 6.07) is 8.17. The second-order valence-corrected chi connectivity index (χ2v) is 11.0. The molecule has 1 amide bonds. The minimum Gasteiger partial charge on any atom is -0.354 e. The van der Waals surface area contributed by atoms with Crippen molar-refractivity contribution in [2.45, 2.75) is 31.2 Å². The van der Waals surface area contributed by atoms with E-state index in [9.17, 15) is 13.2 Å². The van der Waals surface area contributed by atoms with Gasteiger partial charge < -0.3 is 14.7 Å². The molecule has 188 valence electrons. The first-order chi connectivity index (χ1) is 17.4. The van der Waals surface area contributed by atoms with E-state index in [4.69, 9.17) is 4.98 Å². The molecular weight excluding hydrogens is 476 g/mol. The number of likely N-dealkylation sites (N-methyl/N-ethyl adjacent to an activating group) is 2. The fourth-order valence-corrected chi connectivity index (χ4v) is 6.19. The first-order valence-electron chi connectivity index (χ1n) is 12.4. The van der Waals surface area contributed by atoms with E-state index in [0.717, 1.165) is 90.1 Å². The van der Waals surface area contributed by atoms with Crippen LogP contribution in [-0.2, 0) is 27.6 Å². The van der Waals surface area contributed by atoms with E-state index >= 15 is 0 Å². The lowest BCUT2D eigenvalue weighted by Gasteiger charge is -2.37. The zero-order valence-electron chi connectivity index (χ0n) is 20.5. The van der Waals surface area contributed by atoms with E-state index in [1.165, 1.54) is 0 Å². The Morgan fingerprint density at radius 3 is 2.47 bits per heavy atom. The SMILES string of the molecule is CN1CCN(c2ncc(-c3ccc4ncc5c(c4c3)C3(CCC3)C(=O)N5C)cc2CN[SH](=O)=O)CC1. The molecule has 2 fully saturated rings. The maximum atomic E-state index is 13.2. The van der Waals surface area contributed by atoms with Crippen LogP contribution in [-0.4, -0.2) is 69.5 Å². The Kier molecular flexibility index (Phi) is 5.70. The molecule has 0 atom stereocenters. The summed E-state index contributed by atoms with van der Waals surface area (Å²) in [5.74, 6) is 0.988. The molecule has 0 bridgehead atoms. The number of carbonyl (C=O) groups is 1. The lowest BCUT2D eigenvalue weighted by Crippen LogP contribution is -2.45. The minimum absolute atomic E-state index is 0.168. The molecule has 3 aliphatic rings. The van der Waals surface area contributed by atoms with Crippen molar-refractivity contribution in [3.05, 3.63) is 47.8 Å². The molecule has 1 spiro atoms. The number of anilines is 2. The van der Waals surface area contributed by atoms with Crippen LogP contribution in [0.25, 0.3) is 22.0 Å². The number of carbonyl (C=O) groups excluding carboxylic acids is 1. The standard InChI is InChI=1S/C26H30N6O3S/c1-30-8-10-32(11-9-30)24-19(15-29-36(34)35)12-18(14-28-24)17-4-5-21-20(13-17)23-22(16-27-21)31(2)25(33)26(23)6-3-7-26/h4-5,12-14,16,36H,3,6-11,15H2,1-2H3,(H,29,34,35). The first-order valence-corrected chi connectivity index (χ1v) is 13.6. The molecule has 1 saturated carbocycles. The van der Waals surface area contributed by atoms with Crippen molar-refractivity contribution < 1.29 is 13.2 Å². The zero-order chi connectivity index (χ0) is 25.0. The summed E-state index contributed by atoms with van der Waals surface area (Å²) in [5, 5.41) is 1.01. The summed E-state index contributed by atoms with van der Waals surface area (Å²) in [7, 11) is 1.22. The van der Waals surface area contributed by atoms with Crippen LogP contribution in [0.1, 0.15) is 30.4 Å². The molecule has 1 aliphatic carbocycles. The summed E-state index contributed by atoms with van der Waals surface area (Å²) in [6.07, 6.45) is 6.48. The van der Waals surface area contributed by atoms with E-state index in [0.29, 0.717) is 0 Å².